The summed E-state index contributed by atoms with van der Waals surface area (Å²) in [6.07, 6.45) is 0. The average Bonchev–Trinajstić information content (AvgIpc) is 3.27. The molecule has 0 N–H and O–H groups in total. The number of nitrogens with zero attached hydrogens (tertiary/aromatic N) is 6. The molecule has 0 spiro atoms. The Hall–Kier alpha value is -2.87. The third-order valence-electron chi connectivity index (χ3n) is 3.61. The van der Waals surface area contributed by atoms with Gasteiger partial charge >= 0.3 is 0 Å². The standard InChI is InChI=1S/C17H13BrN6O/c1-11-2-4-12(5-3-11)16-19-15(25-22-16)10-24-21-17(20-23-24)13-6-8-14(18)9-7-13/h2-9H,10H2,1H3. The first-order valence-electron chi connectivity index (χ1n) is 7.61. The number of hydrogen-bond donors (Lipinski definition) is 0. The quantitative estimate of drug-likeness (QED) is 0.524. The highest BCUT2D eigenvalue weighted by atomic mass is 79.9. The van der Waals surface area contributed by atoms with Gasteiger partial charge in [0.05, 0.1) is 0 Å². The number of halogens is 1. The first kappa shape index (κ1) is 15.6. The topological polar surface area (TPSA) is 82.5 Å². The highest BCUT2D eigenvalue weighted by Crippen LogP contribution is 2.18. The molecular weight excluding hydrogens is 384 g/mol. The Bertz CT molecular complexity index is 909. The molecule has 0 radical (unpaired) electrons. The van der Waals surface area contributed by atoms with Crippen molar-refractivity contribution >= 4 is 15.9 Å². The minimum absolute atomic E-state index is 0.266. The van der Waals surface area contributed by atoms with E-state index in [4.69, 9.17) is 4.52 Å². The van der Waals surface area contributed by atoms with Crippen LogP contribution in [0.2, 0.25) is 0 Å². The van der Waals surface area contributed by atoms with Crippen molar-refractivity contribution in [1.29, 1.82) is 0 Å². The van der Waals surface area contributed by atoms with Gasteiger partial charge in [0.15, 0.2) is 0 Å². The van der Waals surface area contributed by atoms with Crippen LogP contribution < -0.4 is 0 Å². The maximum Gasteiger partial charge on any atom is 0.250 e. The Kier molecular flexibility index (Phi) is 4.10. The van der Waals surface area contributed by atoms with Gasteiger partial charge in [-0.25, -0.2) is 0 Å². The van der Waals surface area contributed by atoms with Crippen LogP contribution in [0.3, 0.4) is 0 Å². The van der Waals surface area contributed by atoms with Crippen LogP contribution in [0.1, 0.15) is 11.5 Å². The van der Waals surface area contributed by atoms with Crippen molar-refractivity contribution in [3.8, 4) is 22.8 Å². The van der Waals surface area contributed by atoms with Crippen LogP contribution in [0.4, 0.5) is 0 Å². The number of tetrazole rings is 1. The van der Waals surface area contributed by atoms with E-state index in [1.54, 1.807) is 0 Å². The molecule has 0 aliphatic heterocycles. The summed E-state index contributed by atoms with van der Waals surface area (Å²) in [5, 5.41) is 16.5. The van der Waals surface area contributed by atoms with Gasteiger partial charge in [0.25, 0.3) is 5.89 Å². The zero-order valence-electron chi connectivity index (χ0n) is 13.3. The maximum absolute atomic E-state index is 5.29. The molecule has 4 aromatic rings. The zero-order chi connectivity index (χ0) is 17.2. The van der Waals surface area contributed by atoms with Gasteiger partial charge in [0.1, 0.15) is 6.54 Å². The Morgan fingerprint density at radius 1 is 0.960 bits per heavy atom. The highest BCUT2D eigenvalue weighted by Gasteiger charge is 2.12. The molecule has 7 nitrogen and oxygen atoms in total. The number of benzene rings is 2. The molecule has 2 aromatic carbocycles. The summed E-state index contributed by atoms with van der Waals surface area (Å²) in [5.41, 5.74) is 2.97. The molecule has 8 heteroatoms. The van der Waals surface area contributed by atoms with E-state index >= 15 is 0 Å². The van der Waals surface area contributed by atoms with E-state index in [-0.39, 0.29) is 6.54 Å². The molecule has 0 unspecified atom stereocenters. The first-order valence-corrected chi connectivity index (χ1v) is 8.40. The summed E-state index contributed by atoms with van der Waals surface area (Å²) >= 11 is 3.40. The van der Waals surface area contributed by atoms with Crippen molar-refractivity contribution in [3.63, 3.8) is 0 Å². The molecule has 0 bridgehead atoms. The van der Waals surface area contributed by atoms with Gasteiger partial charge in [-0.1, -0.05) is 50.9 Å². The second kappa shape index (κ2) is 6.56. The fourth-order valence-electron chi connectivity index (χ4n) is 2.28. The van der Waals surface area contributed by atoms with E-state index in [0.29, 0.717) is 17.5 Å². The Morgan fingerprint density at radius 2 is 1.64 bits per heavy atom. The molecule has 2 aromatic heterocycles. The fraction of sp³-hybridized carbons (Fsp3) is 0.118. The van der Waals surface area contributed by atoms with E-state index in [2.05, 4.69) is 41.5 Å². The lowest BCUT2D eigenvalue weighted by molar-refractivity contribution is 0.356. The first-order chi connectivity index (χ1) is 12.2. The van der Waals surface area contributed by atoms with Gasteiger partial charge in [-0.15, -0.1) is 10.2 Å². The molecule has 0 saturated heterocycles. The highest BCUT2D eigenvalue weighted by molar-refractivity contribution is 9.10. The molecule has 0 fully saturated rings. The molecule has 4 rings (SSSR count). The largest absolute Gasteiger partial charge is 0.337 e. The predicted octanol–water partition coefficient (Wildman–Crippen LogP) is 3.51. The van der Waals surface area contributed by atoms with Gasteiger partial charge in [0, 0.05) is 15.6 Å². The number of aromatic nitrogens is 6. The number of aryl methyl sites for hydroxylation is 1. The monoisotopic (exact) mass is 396 g/mol. The van der Waals surface area contributed by atoms with Crippen LogP contribution in [0, 0.1) is 6.92 Å². The minimum atomic E-state index is 0.266. The van der Waals surface area contributed by atoms with Crippen molar-refractivity contribution in [3.05, 3.63) is 64.5 Å². The summed E-state index contributed by atoms with van der Waals surface area (Å²) in [7, 11) is 0. The summed E-state index contributed by atoms with van der Waals surface area (Å²) in [6.45, 7) is 2.30. The van der Waals surface area contributed by atoms with Crippen molar-refractivity contribution < 1.29 is 4.52 Å². The third-order valence-corrected chi connectivity index (χ3v) is 4.14. The smallest absolute Gasteiger partial charge is 0.250 e. The van der Waals surface area contributed by atoms with Crippen LogP contribution >= 0.6 is 15.9 Å². The lowest BCUT2D eigenvalue weighted by Crippen LogP contribution is -2.04. The minimum Gasteiger partial charge on any atom is -0.337 e. The van der Waals surface area contributed by atoms with Gasteiger partial charge in [-0.05, 0) is 36.4 Å². The second-order valence-electron chi connectivity index (χ2n) is 5.53. The SMILES string of the molecule is Cc1ccc(-c2noc(Cn3nnc(-c4ccc(Br)cc4)n3)n2)cc1. The van der Waals surface area contributed by atoms with Crippen molar-refractivity contribution in [1.82, 2.24) is 30.3 Å². The zero-order valence-corrected chi connectivity index (χ0v) is 14.9. The van der Waals surface area contributed by atoms with E-state index < -0.39 is 0 Å². The number of hydrogen-bond acceptors (Lipinski definition) is 6. The maximum atomic E-state index is 5.29. The predicted molar refractivity (Wildman–Crippen MR) is 94.5 cm³/mol. The molecule has 25 heavy (non-hydrogen) atoms. The normalized spacial score (nSPS) is 11.0. The second-order valence-corrected chi connectivity index (χ2v) is 6.44. The molecule has 0 atom stereocenters. The Labute approximate surface area is 151 Å². The molecule has 0 aliphatic carbocycles. The summed E-state index contributed by atoms with van der Waals surface area (Å²) < 4.78 is 6.29. The van der Waals surface area contributed by atoms with E-state index in [0.717, 1.165) is 15.6 Å². The summed E-state index contributed by atoms with van der Waals surface area (Å²) in [6, 6.07) is 15.7. The molecular formula is C17H13BrN6O. The summed E-state index contributed by atoms with van der Waals surface area (Å²) in [5.74, 6) is 1.52. The van der Waals surface area contributed by atoms with Crippen LogP contribution in [-0.2, 0) is 6.54 Å². The Morgan fingerprint density at radius 3 is 2.40 bits per heavy atom. The van der Waals surface area contributed by atoms with E-state index in [1.165, 1.54) is 10.4 Å². The van der Waals surface area contributed by atoms with Crippen molar-refractivity contribution in [2.45, 2.75) is 13.5 Å². The lowest BCUT2D eigenvalue weighted by atomic mass is 10.1. The van der Waals surface area contributed by atoms with Crippen LogP contribution in [0.5, 0.6) is 0 Å². The van der Waals surface area contributed by atoms with Crippen LogP contribution in [0.15, 0.2) is 57.5 Å². The Balaban J connectivity index is 1.51. The van der Waals surface area contributed by atoms with Crippen molar-refractivity contribution in [2.75, 3.05) is 0 Å². The fourth-order valence-corrected chi connectivity index (χ4v) is 2.55. The van der Waals surface area contributed by atoms with E-state index in [9.17, 15) is 0 Å². The van der Waals surface area contributed by atoms with Gasteiger partial charge in [-0.3, -0.25) is 0 Å². The molecule has 2 heterocycles. The van der Waals surface area contributed by atoms with Gasteiger partial charge in [-0.2, -0.15) is 9.78 Å². The summed E-state index contributed by atoms with van der Waals surface area (Å²) in [4.78, 5) is 5.82. The molecule has 0 amide bonds. The van der Waals surface area contributed by atoms with Crippen LogP contribution in [0.25, 0.3) is 22.8 Å². The number of rotatable bonds is 4. The van der Waals surface area contributed by atoms with Crippen molar-refractivity contribution in [2.24, 2.45) is 0 Å². The van der Waals surface area contributed by atoms with Gasteiger partial charge in [0.2, 0.25) is 11.6 Å². The molecule has 124 valence electrons. The average molecular weight is 397 g/mol. The molecule has 0 aliphatic rings. The van der Waals surface area contributed by atoms with E-state index in [1.807, 2.05) is 55.5 Å². The van der Waals surface area contributed by atoms with Gasteiger partial charge < -0.3 is 4.52 Å². The lowest BCUT2D eigenvalue weighted by Gasteiger charge is -1.95. The third kappa shape index (κ3) is 3.48. The van der Waals surface area contributed by atoms with Crippen LogP contribution in [-0.4, -0.2) is 30.3 Å². The molecule has 0 saturated carbocycles.